The van der Waals surface area contributed by atoms with Gasteiger partial charge in [-0.05, 0) is 6.42 Å². The molecule has 1 aliphatic heterocycles. The topological polar surface area (TPSA) is 91.2 Å². The van der Waals surface area contributed by atoms with Gasteiger partial charge in [-0.15, -0.1) is 0 Å². The van der Waals surface area contributed by atoms with Crippen LogP contribution in [0.4, 0.5) is 20.3 Å². The predicted octanol–water partition coefficient (Wildman–Crippen LogP) is 3.91. The molecule has 1 aliphatic carbocycles. The van der Waals surface area contributed by atoms with E-state index in [1.807, 2.05) is 16.7 Å². The van der Waals surface area contributed by atoms with Gasteiger partial charge in [0.2, 0.25) is 5.91 Å². The van der Waals surface area contributed by atoms with Crippen molar-refractivity contribution in [2.75, 3.05) is 34.8 Å². The number of benzene rings is 1. The Morgan fingerprint density at radius 2 is 2.06 bits per heavy atom. The summed E-state index contributed by atoms with van der Waals surface area (Å²) in [5.74, 6) is 0.605. The zero-order chi connectivity index (χ0) is 22.7. The number of halogens is 3. The van der Waals surface area contributed by atoms with E-state index >= 15 is 4.39 Å². The number of alkyl halides is 1. The Balaban J connectivity index is 1.41. The number of imidazole rings is 1. The first-order chi connectivity index (χ1) is 16.0. The summed E-state index contributed by atoms with van der Waals surface area (Å²) in [6, 6.07) is 0. The van der Waals surface area contributed by atoms with Gasteiger partial charge in [0, 0.05) is 41.7 Å². The molecule has 2 unspecified atom stereocenters. The lowest BCUT2D eigenvalue weighted by atomic mass is 10.0. The van der Waals surface area contributed by atoms with Crippen LogP contribution in [0.25, 0.3) is 27.8 Å². The van der Waals surface area contributed by atoms with Gasteiger partial charge in [-0.25, -0.2) is 13.8 Å². The van der Waals surface area contributed by atoms with Gasteiger partial charge in [0.1, 0.15) is 11.9 Å². The van der Waals surface area contributed by atoms with Crippen LogP contribution in [0.3, 0.4) is 0 Å². The molecule has 12 heteroatoms. The fourth-order valence-corrected chi connectivity index (χ4v) is 5.37. The molecule has 2 atom stereocenters. The summed E-state index contributed by atoms with van der Waals surface area (Å²) in [6.45, 7) is 1.45. The Morgan fingerprint density at radius 1 is 1.27 bits per heavy atom. The zero-order valence-electron chi connectivity index (χ0n) is 17.2. The summed E-state index contributed by atoms with van der Waals surface area (Å²) in [5, 5.41) is 10.3. The Kier molecular flexibility index (Phi) is 4.91. The number of aromatic nitrogens is 5. The SMILES string of the molecule is O=C(Nc1cn2cc(-c3c(Cl)c(F)c(N4CCSCC4)c4[nH]ncc34)ncc2n1)C1CC1F. The van der Waals surface area contributed by atoms with Crippen LogP contribution in [-0.2, 0) is 4.79 Å². The van der Waals surface area contributed by atoms with E-state index in [1.165, 1.54) is 6.20 Å². The van der Waals surface area contributed by atoms with E-state index in [-0.39, 0.29) is 11.4 Å². The molecule has 0 spiro atoms. The van der Waals surface area contributed by atoms with E-state index in [2.05, 4.69) is 25.5 Å². The van der Waals surface area contributed by atoms with Gasteiger partial charge in [-0.1, -0.05) is 11.6 Å². The van der Waals surface area contributed by atoms with Crippen molar-refractivity contribution in [1.82, 2.24) is 24.6 Å². The van der Waals surface area contributed by atoms with Gasteiger partial charge in [0.15, 0.2) is 17.3 Å². The van der Waals surface area contributed by atoms with Crippen molar-refractivity contribution in [3.8, 4) is 11.3 Å². The summed E-state index contributed by atoms with van der Waals surface area (Å²) in [4.78, 5) is 22.8. The molecule has 6 rings (SSSR count). The number of fused-ring (bicyclic) bond motifs is 2. The molecule has 4 heterocycles. The number of nitrogens with zero attached hydrogens (tertiary/aromatic N) is 5. The number of rotatable bonds is 4. The Morgan fingerprint density at radius 3 is 2.82 bits per heavy atom. The number of amides is 1. The van der Waals surface area contributed by atoms with Crippen molar-refractivity contribution < 1.29 is 13.6 Å². The summed E-state index contributed by atoms with van der Waals surface area (Å²) in [5.41, 5.74) is 2.33. The minimum absolute atomic E-state index is 0.0275. The van der Waals surface area contributed by atoms with Gasteiger partial charge in [0.25, 0.3) is 0 Å². The monoisotopic (exact) mass is 489 g/mol. The van der Waals surface area contributed by atoms with Crippen LogP contribution in [0.1, 0.15) is 6.42 Å². The predicted molar refractivity (Wildman–Crippen MR) is 124 cm³/mol. The Hall–Kier alpha value is -2.92. The number of carbonyl (C=O) groups is 1. The lowest BCUT2D eigenvalue weighted by Gasteiger charge is -2.29. The average molecular weight is 490 g/mol. The van der Waals surface area contributed by atoms with Gasteiger partial charge in [0.05, 0.1) is 40.7 Å². The molecule has 0 bridgehead atoms. The minimum Gasteiger partial charge on any atom is -0.366 e. The highest BCUT2D eigenvalue weighted by atomic mass is 35.5. The fourth-order valence-electron chi connectivity index (χ4n) is 4.17. The number of hydrogen-bond acceptors (Lipinski definition) is 6. The van der Waals surface area contributed by atoms with Crippen molar-refractivity contribution in [2.24, 2.45) is 5.92 Å². The molecule has 1 saturated carbocycles. The van der Waals surface area contributed by atoms with E-state index in [0.717, 1.165) is 24.6 Å². The zero-order valence-corrected chi connectivity index (χ0v) is 18.8. The third-order valence-corrected chi connectivity index (χ3v) is 7.29. The van der Waals surface area contributed by atoms with Gasteiger partial charge in [-0.3, -0.25) is 14.9 Å². The maximum atomic E-state index is 15.6. The summed E-state index contributed by atoms with van der Waals surface area (Å²) in [7, 11) is 0. The van der Waals surface area contributed by atoms with Crippen LogP contribution in [0, 0.1) is 11.7 Å². The molecule has 2 fully saturated rings. The first kappa shape index (κ1) is 20.7. The minimum atomic E-state index is -1.09. The molecular formula is C21H18ClF2N7OS. The van der Waals surface area contributed by atoms with Crippen molar-refractivity contribution in [1.29, 1.82) is 0 Å². The summed E-state index contributed by atoms with van der Waals surface area (Å²) < 4.78 is 30.4. The number of nitrogens with one attached hydrogen (secondary N) is 2. The highest BCUT2D eigenvalue weighted by molar-refractivity contribution is 7.99. The molecule has 170 valence electrons. The van der Waals surface area contributed by atoms with E-state index in [4.69, 9.17) is 11.6 Å². The Labute approximate surface area is 195 Å². The third-order valence-electron chi connectivity index (χ3n) is 5.99. The van der Waals surface area contributed by atoms with E-state index < -0.39 is 23.8 Å². The average Bonchev–Trinajstić information content (AvgIpc) is 3.18. The normalized spacial score (nSPS) is 20.5. The molecule has 1 amide bonds. The quantitative estimate of drug-likeness (QED) is 0.451. The summed E-state index contributed by atoms with van der Waals surface area (Å²) >= 11 is 8.40. The second-order valence-electron chi connectivity index (χ2n) is 8.12. The van der Waals surface area contributed by atoms with Crippen molar-refractivity contribution in [2.45, 2.75) is 12.6 Å². The number of carbonyl (C=O) groups excluding carboxylic acids is 1. The van der Waals surface area contributed by atoms with E-state index in [9.17, 15) is 9.18 Å². The molecule has 8 nitrogen and oxygen atoms in total. The van der Waals surface area contributed by atoms with Crippen LogP contribution >= 0.6 is 23.4 Å². The van der Waals surface area contributed by atoms with Crippen LogP contribution in [0.15, 0.2) is 24.8 Å². The lowest BCUT2D eigenvalue weighted by Crippen LogP contribution is -2.33. The number of thioether (sulfide) groups is 1. The van der Waals surface area contributed by atoms with Crippen LogP contribution in [0.2, 0.25) is 5.02 Å². The molecule has 33 heavy (non-hydrogen) atoms. The third kappa shape index (κ3) is 3.50. The molecule has 2 N–H and O–H groups in total. The standard InChI is InChI=1S/C21H18ClF2N7OS/c22-17-16(11-6-26-29-19(11)20(18(17)24)30-1-3-33-4-2-30)13-8-31-9-14(27-15(31)7-25-13)28-21(32)10-5-12(10)23/h6-10,12H,1-5H2,(H,26,29)(H,28,32). The lowest BCUT2D eigenvalue weighted by molar-refractivity contribution is -0.117. The molecule has 2 aliphatic rings. The van der Waals surface area contributed by atoms with Crippen LogP contribution < -0.4 is 10.2 Å². The fraction of sp³-hybridized carbons (Fsp3) is 0.333. The van der Waals surface area contributed by atoms with Gasteiger partial charge < -0.3 is 14.6 Å². The van der Waals surface area contributed by atoms with Crippen LogP contribution in [0.5, 0.6) is 0 Å². The van der Waals surface area contributed by atoms with Crippen molar-refractivity contribution in [3.05, 3.63) is 35.6 Å². The molecule has 3 aromatic heterocycles. The number of H-pyrrole nitrogens is 1. The maximum absolute atomic E-state index is 15.6. The Bertz CT molecular complexity index is 1400. The second-order valence-corrected chi connectivity index (χ2v) is 9.72. The smallest absolute Gasteiger partial charge is 0.231 e. The largest absolute Gasteiger partial charge is 0.366 e. The highest BCUT2D eigenvalue weighted by Crippen LogP contribution is 2.42. The van der Waals surface area contributed by atoms with E-state index in [0.29, 0.717) is 39.3 Å². The van der Waals surface area contributed by atoms with Crippen molar-refractivity contribution >= 4 is 57.3 Å². The van der Waals surface area contributed by atoms with E-state index in [1.54, 1.807) is 23.0 Å². The number of anilines is 2. The summed E-state index contributed by atoms with van der Waals surface area (Å²) in [6.07, 6.45) is 5.54. The molecule has 0 radical (unpaired) electrons. The number of hydrogen-bond donors (Lipinski definition) is 2. The first-order valence-corrected chi connectivity index (χ1v) is 12.0. The van der Waals surface area contributed by atoms with Crippen LogP contribution in [-0.4, -0.2) is 61.2 Å². The second kappa shape index (κ2) is 7.84. The highest BCUT2D eigenvalue weighted by Gasteiger charge is 2.43. The maximum Gasteiger partial charge on any atom is 0.231 e. The van der Waals surface area contributed by atoms with Crippen molar-refractivity contribution in [3.63, 3.8) is 0 Å². The van der Waals surface area contributed by atoms with Gasteiger partial charge in [-0.2, -0.15) is 16.9 Å². The van der Waals surface area contributed by atoms with Gasteiger partial charge >= 0.3 is 0 Å². The molecule has 1 saturated heterocycles. The molecule has 1 aromatic carbocycles. The molecule has 4 aromatic rings. The number of aromatic amines is 1. The molecular weight excluding hydrogens is 472 g/mol. The first-order valence-electron chi connectivity index (χ1n) is 10.5.